The molecular formula is C14H30N4. The van der Waals surface area contributed by atoms with Crippen LogP contribution in [0.25, 0.3) is 0 Å². The zero-order chi connectivity index (χ0) is 13.3. The SMILES string of the molecule is CC(C)N1CCN(N2CCN(C)C(C)(C)C2)CC1. The molecule has 18 heavy (non-hydrogen) atoms. The Morgan fingerprint density at radius 1 is 0.833 bits per heavy atom. The van der Waals surface area contributed by atoms with Crippen LogP contribution in [0.2, 0.25) is 0 Å². The maximum absolute atomic E-state index is 2.58. The highest BCUT2D eigenvalue weighted by Gasteiger charge is 2.34. The van der Waals surface area contributed by atoms with Gasteiger partial charge in [0.15, 0.2) is 0 Å². The molecule has 0 bridgehead atoms. The van der Waals surface area contributed by atoms with Gasteiger partial charge >= 0.3 is 0 Å². The molecule has 4 heteroatoms. The molecule has 0 atom stereocenters. The van der Waals surface area contributed by atoms with Gasteiger partial charge in [-0.3, -0.25) is 9.80 Å². The number of hydrogen-bond donors (Lipinski definition) is 0. The molecule has 0 radical (unpaired) electrons. The summed E-state index contributed by atoms with van der Waals surface area (Å²) in [5.74, 6) is 0. The van der Waals surface area contributed by atoms with E-state index < -0.39 is 0 Å². The molecule has 0 aromatic heterocycles. The van der Waals surface area contributed by atoms with E-state index in [4.69, 9.17) is 0 Å². The van der Waals surface area contributed by atoms with Crippen molar-refractivity contribution in [1.82, 2.24) is 19.8 Å². The lowest BCUT2D eigenvalue weighted by Gasteiger charge is -2.50. The molecule has 2 saturated heterocycles. The highest BCUT2D eigenvalue weighted by Crippen LogP contribution is 2.21. The molecule has 2 aliphatic rings. The van der Waals surface area contributed by atoms with Gasteiger partial charge in [-0.25, -0.2) is 10.0 Å². The van der Waals surface area contributed by atoms with Gasteiger partial charge in [-0.05, 0) is 34.7 Å². The summed E-state index contributed by atoms with van der Waals surface area (Å²) in [4.78, 5) is 5.06. The zero-order valence-electron chi connectivity index (χ0n) is 12.8. The molecule has 2 rings (SSSR count). The molecule has 2 heterocycles. The molecule has 0 spiro atoms. The monoisotopic (exact) mass is 254 g/mol. The fourth-order valence-corrected chi connectivity index (χ4v) is 2.97. The summed E-state index contributed by atoms with van der Waals surface area (Å²) in [7, 11) is 2.24. The molecule has 2 fully saturated rings. The predicted molar refractivity (Wildman–Crippen MR) is 76.6 cm³/mol. The van der Waals surface area contributed by atoms with Crippen LogP contribution in [0.4, 0.5) is 0 Å². The number of piperazine rings is 2. The maximum Gasteiger partial charge on any atom is 0.0313 e. The van der Waals surface area contributed by atoms with E-state index in [0.29, 0.717) is 11.6 Å². The summed E-state index contributed by atoms with van der Waals surface area (Å²) in [5, 5.41) is 5.16. The smallest absolute Gasteiger partial charge is 0.0313 e. The van der Waals surface area contributed by atoms with Crippen molar-refractivity contribution in [2.24, 2.45) is 0 Å². The Balaban J connectivity index is 1.87. The number of hydrazine groups is 1. The van der Waals surface area contributed by atoms with Crippen molar-refractivity contribution in [3.63, 3.8) is 0 Å². The van der Waals surface area contributed by atoms with Crippen LogP contribution in [0.1, 0.15) is 27.7 Å². The Morgan fingerprint density at radius 2 is 1.39 bits per heavy atom. The van der Waals surface area contributed by atoms with Gasteiger partial charge in [0, 0.05) is 57.4 Å². The molecule has 0 saturated carbocycles. The first kappa shape index (κ1) is 14.3. The standard InChI is InChI=1S/C14H30N4/c1-13(2)16-7-10-17(11-8-16)18-9-6-15(5)14(3,4)12-18/h13H,6-12H2,1-5H3. The van der Waals surface area contributed by atoms with Crippen molar-refractivity contribution in [3.8, 4) is 0 Å². The summed E-state index contributed by atoms with van der Waals surface area (Å²) >= 11 is 0. The third-order valence-corrected chi connectivity index (χ3v) is 4.72. The van der Waals surface area contributed by atoms with Crippen LogP contribution in [0.5, 0.6) is 0 Å². The molecule has 0 unspecified atom stereocenters. The summed E-state index contributed by atoms with van der Waals surface area (Å²) in [6, 6.07) is 0.691. The summed E-state index contributed by atoms with van der Waals surface area (Å²) in [5.41, 5.74) is 0.299. The van der Waals surface area contributed by atoms with Gasteiger partial charge in [0.1, 0.15) is 0 Å². The lowest BCUT2D eigenvalue weighted by Crippen LogP contribution is -2.64. The lowest BCUT2D eigenvalue weighted by atomic mass is 10.0. The quantitative estimate of drug-likeness (QED) is 0.727. The van der Waals surface area contributed by atoms with E-state index in [-0.39, 0.29) is 0 Å². The van der Waals surface area contributed by atoms with E-state index in [1.807, 2.05) is 0 Å². The third kappa shape index (κ3) is 3.05. The van der Waals surface area contributed by atoms with Crippen LogP contribution in [-0.4, -0.2) is 84.3 Å². The largest absolute Gasteiger partial charge is 0.299 e. The van der Waals surface area contributed by atoms with Gasteiger partial charge in [-0.2, -0.15) is 0 Å². The highest BCUT2D eigenvalue weighted by atomic mass is 15.7. The van der Waals surface area contributed by atoms with Gasteiger partial charge in [-0.1, -0.05) is 0 Å². The van der Waals surface area contributed by atoms with Gasteiger partial charge in [0.25, 0.3) is 0 Å². The van der Waals surface area contributed by atoms with Gasteiger partial charge < -0.3 is 0 Å². The third-order valence-electron chi connectivity index (χ3n) is 4.72. The highest BCUT2D eigenvalue weighted by molar-refractivity contribution is 4.88. The van der Waals surface area contributed by atoms with E-state index in [1.54, 1.807) is 0 Å². The number of nitrogens with zero attached hydrogens (tertiary/aromatic N) is 4. The molecular weight excluding hydrogens is 224 g/mol. The van der Waals surface area contributed by atoms with Gasteiger partial charge in [0.05, 0.1) is 0 Å². The van der Waals surface area contributed by atoms with E-state index in [0.717, 1.165) is 6.54 Å². The van der Waals surface area contributed by atoms with Gasteiger partial charge in [0.2, 0.25) is 0 Å². The summed E-state index contributed by atoms with van der Waals surface area (Å²) in [6.45, 7) is 17.6. The fourth-order valence-electron chi connectivity index (χ4n) is 2.97. The summed E-state index contributed by atoms with van der Waals surface area (Å²) < 4.78 is 0. The Kier molecular flexibility index (Phi) is 4.32. The van der Waals surface area contributed by atoms with Crippen molar-refractivity contribution in [2.45, 2.75) is 39.3 Å². The van der Waals surface area contributed by atoms with Crippen LogP contribution in [0.15, 0.2) is 0 Å². The van der Waals surface area contributed by atoms with Crippen LogP contribution in [0, 0.1) is 0 Å². The molecule has 0 aliphatic carbocycles. The number of rotatable bonds is 2. The molecule has 0 aromatic carbocycles. The molecule has 106 valence electrons. The van der Waals surface area contributed by atoms with Crippen molar-refractivity contribution >= 4 is 0 Å². The second-order valence-electron chi connectivity index (χ2n) is 6.71. The average Bonchev–Trinajstić information content (AvgIpc) is 2.33. The van der Waals surface area contributed by atoms with Gasteiger partial charge in [-0.15, -0.1) is 0 Å². The maximum atomic E-state index is 2.58. The van der Waals surface area contributed by atoms with Crippen LogP contribution < -0.4 is 0 Å². The van der Waals surface area contributed by atoms with Crippen LogP contribution in [0.3, 0.4) is 0 Å². The molecule has 0 aromatic rings. The van der Waals surface area contributed by atoms with E-state index in [2.05, 4.69) is 54.6 Å². The average molecular weight is 254 g/mol. The number of likely N-dealkylation sites (N-methyl/N-ethyl adjacent to an activating group) is 1. The van der Waals surface area contributed by atoms with Crippen LogP contribution in [-0.2, 0) is 0 Å². The van der Waals surface area contributed by atoms with Crippen molar-refractivity contribution in [2.75, 3.05) is 52.9 Å². The zero-order valence-corrected chi connectivity index (χ0v) is 12.8. The van der Waals surface area contributed by atoms with E-state index in [1.165, 1.54) is 39.3 Å². The van der Waals surface area contributed by atoms with Crippen molar-refractivity contribution < 1.29 is 0 Å². The van der Waals surface area contributed by atoms with Crippen molar-refractivity contribution in [1.29, 1.82) is 0 Å². The normalized spacial score (nSPS) is 29.0. The topological polar surface area (TPSA) is 13.0 Å². The molecule has 2 aliphatic heterocycles. The first-order valence-electron chi connectivity index (χ1n) is 7.35. The van der Waals surface area contributed by atoms with Crippen molar-refractivity contribution in [3.05, 3.63) is 0 Å². The second-order valence-corrected chi connectivity index (χ2v) is 6.71. The Hall–Kier alpha value is -0.160. The van der Waals surface area contributed by atoms with E-state index in [9.17, 15) is 0 Å². The Bertz CT molecular complexity index is 269. The van der Waals surface area contributed by atoms with E-state index >= 15 is 0 Å². The minimum absolute atomic E-state index is 0.299. The Morgan fingerprint density at radius 3 is 1.89 bits per heavy atom. The second kappa shape index (κ2) is 5.45. The predicted octanol–water partition coefficient (Wildman–Crippen LogP) is 0.953. The molecule has 4 nitrogen and oxygen atoms in total. The molecule has 0 N–H and O–H groups in total. The summed E-state index contributed by atoms with van der Waals surface area (Å²) in [6.07, 6.45) is 0. The minimum atomic E-state index is 0.299. The lowest BCUT2D eigenvalue weighted by molar-refractivity contribution is -0.113. The first-order chi connectivity index (χ1) is 8.40. The number of hydrogen-bond acceptors (Lipinski definition) is 4. The molecule has 0 amide bonds. The Labute approximate surface area is 112 Å². The van der Waals surface area contributed by atoms with Crippen LogP contribution >= 0.6 is 0 Å². The minimum Gasteiger partial charge on any atom is -0.299 e. The first-order valence-corrected chi connectivity index (χ1v) is 7.35. The fraction of sp³-hybridized carbons (Fsp3) is 1.00.